The molecule has 1 aliphatic heterocycles. The van der Waals surface area contributed by atoms with E-state index in [0.29, 0.717) is 18.2 Å². The summed E-state index contributed by atoms with van der Waals surface area (Å²) >= 11 is 2.09. The Labute approximate surface area is 120 Å². The smallest absolute Gasteiger partial charge is 0.266 e. The molecule has 1 aromatic rings. The van der Waals surface area contributed by atoms with Crippen LogP contribution in [0, 0.1) is 3.57 Å². The third kappa shape index (κ3) is 2.94. The Hall–Kier alpha value is -0.830. The normalized spacial score (nSPS) is 18.9. The van der Waals surface area contributed by atoms with E-state index >= 15 is 0 Å². The fourth-order valence-corrected chi connectivity index (χ4v) is 3.45. The van der Waals surface area contributed by atoms with Crippen LogP contribution in [0.5, 0.6) is 0 Å². The highest BCUT2D eigenvalue weighted by Gasteiger charge is 2.26. The lowest BCUT2D eigenvalue weighted by Crippen LogP contribution is -2.40. The van der Waals surface area contributed by atoms with E-state index in [-0.39, 0.29) is 4.90 Å². The third-order valence-electron chi connectivity index (χ3n) is 2.50. The zero-order valence-electron chi connectivity index (χ0n) is 9.90. The Bertz CT molecular complexity index is 584. The molecule has 0 bridgehead atoms. The quantitative estimate of drug-likeness (QED) is 0.625. The number of halogens is 1. The van der Waals surface area contributed by atoms with Gasteiger partial charge in [0.2, 0.25) is 5.96 Å². The summed E-state index contributed by atoms with van der Waals surface area (Å²) in [7, 11) is -3.50. The highest BCUT2D eigenvalue weighted by atomic mass is 127. The SMILES string of the molecule is CCCCN=C1Nc2ccc(I)cc2S(=O)(=O)N1. The van der Waals surface area contributed by atoms with Crippen molar-refractivity contribution in [1.29, 1.82) is 0 Å². The molecule has 0 saturated carbocycles. The number of benzene rings is 1. The number of rotatable bonds is 3. The summed E-state index contributed by atoms with van der Waals surface area (Å²) in [6.07, 6.45) is 1.96. The van der Waals surface area contributed by atoms with Gasteiger partial charge in [-0.2, -0.15) is 0 Å². The summed E-state index contributed by atoms with van der Waals surface area (Å²) < 4.78 is 27.4. The Kier molecular flexibility index (Phi) is 4.10. The molecule has 0 spiro atoms. The lowest BCUT2D eigenvalue weighted by molar-refractivity contribution is 0.591. The fourth-order valence-electron chi connectivity index (χ4n) is 1.58. The molecule has 1 aliphatic rings. The van der Waals surface area contributed by atoms with Crippen molar-refractivity contribution in [3.63, 3.8) is 0 Å². The van der Waals surface area contributed by atoms with Crippen molar-refractivity contribution in [2.24, 2.45) is 4.99 Å². The van der Waals surface area contributed by atoms with Gasteiger partial charge in [0.1, 0.15) is 4.90 Å². The summed E-state index contributed by atoms with van der Waals surface area (Å²) in [6.45, 7) is 2.68. The monoisotopic (exact) mass is 379 g/mol. The summed E-state index contributed by atoms with van der Waals surface area (Å²) in [5.41, 5.74) is 0.574. The van der Waals surface area contributed by atoms with Crippen LogP contribution in [0.4, 0.5) is 5.69 Å². The third-order valence-corrected chi connectivity index (χ3v) is 4.55. The van der Waals surface area contributed by atoms with Crippen LogP contribution in [0.3, 0.4) is 0 Å². The summed E-state index contributed by atoms with van der Waals surface area (Å²) in [6, 6.07) is 5.25. The van der Waals surface area contributed by atoms with E-state index in [1.165, 1.54) is 0 Å². The maximum absolute atomic E-state index is 12.0. The molecule has 0 aliphatic carbocycles. The molecule has 2 rings (SSSR count). The first-order valence-electron chi connectivity index (χ1n) is 5.67. The number of nitrogens with one attached hydrogen (secondary N) is 2. The Morgan fingerprint density at radius 2 is 2.17 bits per heavy atom. The van der Waals surface area contributed by atoms with E-state index in [1.54, 1.807) is 12.1 Å². The second-order valence-corrected chi connectivity index (χ2v) is 6.85. The van der Waals surface area contributed by atoms with Crippen molar-refractivity contribution in [3.05, 3.63) is 21.8 Å². The van der Waals surface area contributed by atoms with Gasteiger partial charge in [-0.3, -0.25) is 4.99 Å². The molecule has 7 heteroatoms. The predicted octanol–water partition coefficient (Wildman–Crippen LogP) is 2.15. The molecule has 5 nitrogen and oxygen atoms in total. The number of fused-ring (bicyclic) bond motifs is 1. The van der Waals surface area contributed by atoms with E-state index in [9.17, 15) is 8.42 Å². The van der Waals surface area contributed by atoms with Crippen molar-refractivity contribution in [3.8, 4) is 0 Å². The summed E-state index contributed by atoms with van der Waals surface area (Å²) in [5.74, 6) is 0.303. The van der Waals surface area contributed by atoms with Gasteiger partial charge in [0.25, 0.3) is 10.0 Å². The van der Waals surface area contributed by atoms with E-state index < -0.39 is 10.0 Å². The van der Waals surface area contributed by atoms with Gasteiger partial charge < -0.3 is 5.32 Å². The first kappa shape index (κ1) is 13.6. The minimum absolute atomic E-state index is 0.267. The van der Waals surface area contributed by atoms with Crippen molar-refractivity contribution < 1.29 is 8.42 Å². The molecule has 2 N–H and O–H groups in total. The topological polar surface area (TPSA) is 70.6 Å². The van der Waals surface area contributed by atoms with E-state index in [4.69, 9.17) is 0 Å². The van der Waals surface area contributed by atoms with Crippen LogP contribution < -0.4 is 10.0 Å². The number of hydrogen-bond acceptors (Lipinski definition) is 3. The zero-order chi connectivity index (χ0) is 13.2. The van der Waals surface area contributed by atoms with Gasteiger partial charge in [-0.1, -0.05) is 13.3 Å². The summed E-state index contributed by atoms with van der Waals surface area (Å²) in [4.78, 5) is 4.47. The first-order valence-corrected chi connectivity index (χ1v) is 8.23. The number of sulfonamides is 1. The zero-order valence-corrected chi connectivity index (χ0v) is 12.9. The van der Waals surface area contributed by atoms with Gasteiger partial charge in [-0.25, -0.2) is 13.1 Å². The number of nitrogens with zero attached hydrogens (tertiary/aromatic N) is 1. The van der Waals surface area contributed by atoms with Gasteiger partial charge in [0.15, 0.2) is 0 Å². The molecule has 1 heterocycles. The van der Waals surface area contributed by atoms with Crippen LogP contribution >= 0.6 is 22.6 Å². The largest absolute Gasteiger partial charge is 0.324 e. The molecule has 98 valence electrons. The molecule has 1 aromatic carbocycles. The number of unbranched alkanes of at least 4 members (excludes halogenated alkanes) is 1. The maximum Gasteiger partial charge on any atom is 0.266 e. The standard InChI is InChI=1S/C11H14IN3O2S/c1-2-3-6-13-11-14-9-5-4-8(12)7-10(9)18(16,17)15-11/h4-5,7H,2-3,6H2,1H3,(H2,13,14,15). The first-order chi connectivity index (χ1) is 8.53. The van der Waals surface area contributed by atoms with Crippen LogP contribution in [-0.2, 0) is 10.0 Å². The lowest BCUT2D eigenvalue weighted by Gasteiger charge is -2.21. The number of aliphatic imine (C=N–C) groups is 1. The molecule has 0 fully saturated rings. The van der Waals surface area contributed by atoms with E-state index in [1.807, 2.05) is 6.07 Å². The van der Waals surface area contributed by atoms with Gasteiger partial charge in [0, 0.05) is 10.1 Å². The average Bonchev–Trinajstić information content (AvgIpc) is 2.30. The molecule has 0 unspecified atom stereocenters. The van der Waals surface area contributed by atoms with Crippen LogP contribution in [0.2, 0.25) is 0 Å². The second-order valence-electron chi connectivity index (χ2n) is 3.95. The van der Waals surface area contributed by atoms with Gasteiger partial charge >= 0.3 is 0 Å². The van der Waals surface area contributed by atoms with Crippen LogP contribution in [0.15, 0.2) is 28.1 Å². The predicted molar refractivity (Wildman–Crippen MR) is 80.3 cm³/mol. The minimum atomic E-state index is -3.50. The Morgan fingerprint density at radius 3 is 2.89 bits per heavy atom. The summed E-state index contributed by atoms with van der Waals surface area (Å²) in [5, 5.41) is 3.00. The van der Waals surface area contributed by atoms with E-state index in [2.05, 4.69) is 44.5 Å². The maximum atomic E-state index is 12.0. The lowest BCUT2D eigenvalue weighted by atomic mass is 10.3. The van der Waals surface area contributed by atoms with Crippen LogP contribution in [-0.4, -0.2) is 20.9 Å². The van der Waals surface area contributed by atoms with Crippen molar-refractivity contribution in [1.82, 2.24) is 4.72 Å². The highest BCUT2D eigenvalue weighted by Crippen LogP contribution is 2.26. The van der Waals surface area contributed by atoms with Gasteiger partial charge in [0.05, 0.1) is 5.69 Å². The molecule has 0 amide bonds. The molecule has 18 heavy (non-hydrogen) atoms. The highest BCUT2D eigenvalue weighted by molar-refractivity contribution is 14.1. The molecular formula is C11H14IN3O2S. The van der Waals surface area contributed by atoms with Crippen LogP contribution in [0.25, 0.3) is 0 Å². The van der Waals surface area contributed by atoms with E-state index in [0.717, 1.165) is 16.4 Å². The number of hydrogen-bond donors (Lipinski definition) is 2. The van der Waals surface area contributed by atoms with Gasteiger partial charge in [-0.05, 0) is 47.2 Å². The Balaban J connectivity index is 2.33. The number of guanidine groups is 1. The minimum Gasteiger partial charge on any atom is -0.324 e. The van der Waals surface area contributed by atoms with Crippen molar-refractivity contribution >= 4 is 44.3 Å². The second kappa shape index (κ2) is 5.43. The molecular weight excluding hydrogens is 365 g/mol. The molecule has 0 atom stereocenters. The van der Waals surface area contributed by atoms with Crippen LogP contribution in [0.1, 0.15) is 19.8 Å². The molecule has 0 saturated heterocycles. The molecule has 0 radical (unpaired) electrons. The Morgan fingerprint density at radius 1 is 1.39 bits per heavy atom. The van der Waals surface area contributed by atoms with Gasteiger partial charge in [-0.15, -0.1) is 0 Å². The number of anilines is 1. The van der Waals surface area contributed by atoms with Crippen molar-refractivity contribution in [2.45, 2.75) is 24.7 Å². The molecule has 0 aromatic heterocycles. The average molecular weight is 379 g/mol. The van der Waals surface area contributed by atoms with Crippen molar-refractivity contribution in [2.75, 3.05) is 11.9 Å². The fraction of sp³-hybridized carbons (Fsp3) is 0.364.